The van der Waals surface area contributed by atoms with Gasteiger partial charge in [0.05, 0.1) is 29.7 Å². The molecule has 0 spiro atoms. The summed E-state index contributed by atoms with van der Waals surface area (Å²) in [6.45, 7) is 4.33. The average Bonchev–Trinajstić information content (AvgIpc) is 2.81. The zero-order valence-electron chi connectivity index (χ0n) is 13.8. The van der Waals surface area contributed by atoms with Crippen LogP contribution in [0.4, 0.5) is 10.5 Å². The Hall–Kier alpha value is -2.15. The number of anilines is 1. The molecule has 23 heavy (non-hydrogen) atoms. The van der Waals surface area contributed by atoms with Crippen LogP contribution in [-0.2, 0) is 7.05 Å². The predicted molar refractivity (Wildman–Crippen MR) is 88.3 cm³/mol. The van der Waals surface area contributed by atoms with Crippen LogP contribution < -0.4 is 5.32 Å². The average molecular weight is 317 g/mol. The Labute approximate surface area is 135 Å². The number of urea groups is 1. The van der Waals surface area contributed by atoms with E-state index in [-0.39, 0.29) is 12.1 Å². The molecule has 0 aliphatic carbocycles. The predicted octanol–water partition coefficient (Wildman–Crippen LogP) is 2.04. The minimum Gasteiger partial charge on any atom is -0.391 e. The number of hydrogen-bond donors (Lipinski definition) is 2. The van der Waals surface area contributed by atoms with Gasteiger partial charge in [0.2, 0.25) is 0 Å². The summed E-state index contributed by atoms with van der Waals surface area (Å²) in [5.41, 5.74) is 2.32. The number of aliphatic hydroxyl groups excluding tert-OH is 1. The molecule has 2 aromatic heterocycles. The van der Waals surface area contributed by atoms with E-state index >= 15 is 0 Å². The molecule has 124 valence electrons. The maximum atomic E-state index is 12.6. The van der Waals surface area contributed by atoms with Gasteiger partial charge in [-0.15, -0.1) is 0 Å². The molecule has 3 rings (SSSR count). The first-order valence-corrected chi connectivity index (χ1v) is 8.02. The number of piperidine rings is 1. The smallest absolute Gasteiger partial charge is 0.322 e. The molecule has 7 heteroatoms. The van der Waals surface area contributed by atoms with Gasteiger partial charge in [-0.05, 0) is 39.2 Å². The van der Waals surface area contributed by atoms with E-state index in [1.807, 2.05) is 20.0 Å². The summed E-state index contributed by atoms with van der Waals surface area (Å²) < 4.78 is 1.73. The van der Waals surface area contributed by atoms with Crippen molar-refractivity contribution in [2.75, 3.05) is 11.9 Å². The quantitative estimate of drug-likeness (QED) is 0.888. The lowest BCUT2D eigenvalue weighted by Crippen LogP contribution is -2.50. The Kier molecular flexibility index (Phi) is 4.21. The molecule has 3 heterocycles. The molecule has 7 nitrogen and oxygen atoms in total. The van der Waals surface area contributed by atoms with Crippen molar-refractivity contribution in [1.29, 1.82) is 0 Å². The summed E-state index contributed by atoms with van der Waals surface area (Å²) >= 11 is 0. The fourth-order valence-corrected chi connectivity index (χ4v) is 3.28. The summed E-state index contributed by atoms with van der Waals surface area (Å²) in [6, 6.07) is 1.59. The lowest BCUT2D eigenvalue weighted by molar-refractivity contribution is 0.0607. The Morgan fingerprint density at radius 1 is 1.48 bits per heavy atom. The van der Waals surface area contributed by atoms with E-state index in [9.17, 15) is 9.90 Å². The van der Waals surface area contributed by atoms with Crippen LogP contribution in [0.15, 0.2) is 12.3 Å². The van der Waals surface area contributed by atoms with Gasteiger partial charge in [-0.1, -0.05) is 0 Å². The summed E-state index contributed by atoms with van der Waals surface area (Å²) in [4.78, 5) is 18.7. The van der Waals surface area contributed by atoms with Gasteiger partial charge in [0, 0.05) is 19.0 Å². The normalized spacial score (nSPS) is 19.8. The molecule has 1 aliphatic heterocycles. The largest absolute Gasteiger partial charge is 0.391 e. The number of nitrogens with zero attached hydrogens (tertiary/aromatic N) is 4. The molecule has 1 aliphatic rings. The highest BCUT2D eigenvalue weighted by molar-refractivity contribution is 5.92. The summed E-state index contributed by atoms with van der Waals surface area (Å²) in [7, 11) is 1.85. The van der Waals surface area contributed by atoms with E-state index in [1.54, 1.807) is 22.7 Å². The molecule has 2 unspecified atom stereocenters. The molecular weight excluding hydrogens is 294 g/mol. The number of nitrogens with one attached hydrogen (secondary N) is 1. The van der Waals surface area contributed by atoms with Crippen molar-refractivity contribution in [1.82, 2.24) is 19.7 Å². The lowest BCUT2D eigenvalue weighted by atomic mass is 9.98. The van der Waals surface area contributed by atoms with Gasteiger partial charge in [-0.3, -0.25) is 4.68 Å². The molecule has 2 amide bonds. The van der Waals surface area contributed by atoms with Crippen molar-refractivity contribution in [2.45, 2.75) is 45.3 Å². The van der Waals surface area contributed by atoms with Crippen LogP contribution in [-0.4, -0.2) is 49.5 Å². The van der Waals surface area contributed by atoms with E-state index < -0.39 is 6.10 Å². The van der Waals surface area contributed by atoms with Crippen LogP contribution in [0.25, 0.3) is 11.0 Å². The second-order valence-corrected chi connectivity index (χ2v) is 6.23. The molecule has 0 bridgehead atoms. The number of pyridine rings is 1. The highest BCUT2D eigenvalue weighted by Gasteiger charge is 2.30. The molecule has 2 atom stereocenters. The molecule has 0 aromatic carbocycles. The summed E-state index contributed by atoms with van der Waals surface area (Å²) in [5.74, 6) is 0. The summed E-state index contributed by atoms with van der Waals surface area (Å²) in [6.07, 6.45) is 3.96. The third kappa shape index (κ3) is 3.01. The number of rotatable bonds is 2. The number of aryl methyl sites for hydroxylation is 2. The van der Waals surface area contributed by atoms with Gasteiger partial charge < -0.3 is 15.3 Å². The molecule has 0 radical (unpaired) electrons. The van der Waals surface area contributed by atoms with Crippen molar-refractivity contribution >= 4 is 22.8 Å². The first-order valence-electron chi connectivity index (χ1n) is 8.02. The van der Waals surface area contributed by atoms with Crippen LogP contribution in [0.5, 0.6) is 0 Å². The maximum Gasteiger partial charge on any atom is 0.322 e. The van der Waals surface area contributed by atoms with Crippen LogP contribution >= 0.6 is 0 Å². The van der Waals surface area contributed by atoms with Crippen molar-refractivity contribution < 1.29 is 9.90 Å². The minimum atomic E-state index is -0.526. The number of carbonyl (C=O) groups excluding carboxylic acids is 1. The first kappa shape index (κ1) is 15.7. The Bertz CT molecular complexity index is 725. The van der Waals surface area contributed by atoms with Crippen molar-refractivity contribution in [3.63, 3.8) is 0 Å². The van der Waals surface area contributed by atoms with Gasteiger partial charge in [0.1, 0.15) is 0 Å². The van der Waals surface area contributed by atoms with Crippen molar-refractivity contribution in [3.8, 4) is 0 Å². The van der Waals surface area contributed by atoms with Crippen LogP contribution in [0.2, 0.25) is 0 Å². The topological polar surface area (TPSA) is 83.3 Å². The molecule has 1 fully saturated rings. The first-order chi connectivity index (χ1) is 11.0. The van der Waals surface area contributed by atoms with Crippen LogP contribution in [0.1, 0.15) is 31.9 Å². The highest BCUT2D eigenvalue weighted by Crippen LogP contribution is 2.23. The number of aromatic nitrogens is 3. The van der Waals surface area contributed by atoms with Gasteiger partial charge >= 0.3 is 6.03 Å². The number of hydrogen-bond acceptors (Lipinski definition) is 4. The van der Waals surface area contributed by atoms with E-state index in [4.69, 9.17) is 0 Å². The molecule has 2 N–H and O–H groups in total. The third-order valence-electron chi connectivity index (χ3n) is 4.48. The van der Waals surface area contributed by atoms with Gasteiger partial charge in [0.25, 0.3) is 0 Å². The Morgan fingerprint density at radius 3 is 3.00 bits per heavy atom. The third-order valence-corrected chi connectivity index (χ3v) is 4.48. The fourth-order valence-electron chi connectivity index (χ4n) is 3.28. The van der Waals surface area contributed by atoms with E-state index in [1.165, 1.54) is 0 Å². The van der Waals surface area contributed by atoms with Crippen molar-refractivity contribution in [2.24, 2.45) is 7.05 Å². The second-order valence-electron chi connectivity index (χ2n) is 6.23. The SMILES string of the molecule is Cc1nn(C)c2ncc(NC(=O)N3CCCCC3C(C)O)cc12. The highest BCUT2D eigenvalue weighted by atomic mass is 16.3. The van der Waals surface area contributed by atoms with E-state index in [0.29, 0.717) is 12.2 Å². The van der Waals surface area contributed by atoms with Crippen LogP contribution in [0.3, 0.4) is 0 Å². The number of aliphatic hydroxyl groups is 1. The standard InChI is InChI=1S/C16H23N5O2/c1-10-13-8-12(9-17-15(13)20(3)19-10)18-16(23)21-7-5-4-6-14(21)11(2)22/h8-9,11,14,22H,4-7H2,1-3H3,(H,18,23). The maximum absolute atomic E-state index is 12.6. The van der Waals surface area contributed by atoms with Crippen molar-refractivity contribution in [3.05, 3.63) is 18.0 Å². The van der Waals surface area contributed by atoms with E-state index in [2.05, 4.69) is 15.4 Å². The lowest BCUT2D eigenvalue weighted by Gasteiger charge is -2.37. The number of fused-ring (bicyclic) bond motifs is 1. The monoisotopic (exact) mass is 317 g/mol. The number of amides is 2. The fraction of sp³-hybridized carbons (Fsp3) is 0.562. The van der Waals surface area contributed by atoms with Gasteiger partial charge in [0.15, 0.2) is 5.65 Å². The number of likely N-dealkylation sites (tertiary alicyclic amines) is 1. The number of carbonyl (C=O) groups is 1. The van der Waals surface area contributed by atoms with Gasteiger partial charge in [-0.2, -0.15) is 5.10 Å². The summed E-state index contributed by atoms with van der Waals surface area (Å²) in [5, 5.41) is 18.1. The second kappa shape index (κ2) is 6.16. The zero-order valence-corrected chi connectivity index (χ0v) is 13.8. The Balaban J connectivity index is 1.80. The minimum absolute atomic E-state index is 0.124. The molecule has 0 saturated carbocycles. The molecular formula is C16H23N5O2. The Morgan fingerprint density at radius 2 is 2.26 bits per heavy atom. The molecule has 1 saturated heterocycles. The zero-order chi connectivity index (χ0) is 16.6. The van der Waals surface area contributed by atoms with Crippen LogP contribution in [0, 0.1) is 6.92 Å². The molecule has 2 aromatic rings. The van der Waals surface area contributed by atoms with E-state index in [0.717, 1.165) is 36.0 Å². The van der Waals surface area contributed by atoms with Gasteiger partial charge in [-0.25, -0.2) is 9.78 Å².